The van der Waals surface area contributed by atoms with E-state index in [2.05, 4.69) is 19.2 Å². The van der Waals surface area contributed by atoms with Crippen LogP contribution in [-0.2, 0) is 14.3 Å². The van der Waals surface area contributed by atoms with Crippen molar-refractivity contribution >= 4 is 11.8 Å². The molecule has 0 aromatic carbocycles. The molecule has 1 aliphatic rings. The molecule has 5 nitrogen and oxygen atoms in total. The standard InChI is InChI=1S/C16H30N2O3/c1-11-13(19)17-12(15(2,3)4)14(20)18(11)10-16(5,6)8-9-21-7/h11-12H,8-10H2,1-7H3,(H,17,19). The third-order valence-corrected chi connectivity index (χ3v) is 4.11. The van der Waals surface area contributed by atoms with Crippen LogP contribution in [0.3, 0.4) is 0 Å². The van der Waals surface area contributed by atoms with Crippen LogP contribution in [0.25, 0.3) is 0 Å². The summed E-state index contributed by atoms with van der Waals surface area (Å²) in [6, 6.07) is -0.877. The Morgan fingerprint density at radius 1 is 1.19 bits per heavy atom. The van der Waals surface area contributed by atoms with Crippen LogP contribution in [0.15, 0.2) is 0 Å². The third kappa shape index (κ3) is 4.43. The Hall–Kier alpha value is -1.10. The highest BCUT2D eigenvalue weighted by molar-refractivity contribution is 5.97. The van der Waals surface area contributed by atoms with Gasteiger partial charge >= 0.3 is 0 Å². The number of amides is 2. The first-order valence-electron chi connectivity index (χ1n) is 7.59. The van der Waals surface area contributed by atoms with Gasteiger partial charge in [-0.05, 0) is 24.2 Å². The zero-order valence-electron chi connectivity index (χ0n) is 14.4. The first-order valence-corrected chi connectivity index (χ1v) is 7.59. The van der Waals surface area contributed by atoms with Crippen molar-refractivity contribution in [3.05, 3.63) is 0 Å². The average Bonchev–Trinajstić information content (AvgIpc) is 2.35. The lowest BCUT2D eigenvalue weighted by Gasteiger charge is -2.44. The molecule has 2 unspecified atom stereocenters. The molecule has 122 valence electrons. The molecular weight excluding hydrogens is 268 g/mol. The van der Waals surface area contributed by atoms with Gasteiger partial charge in [0, 0.05) is 20.3 Å². The molecule has 0 bridgehead atoms. The molecule has 21 heavy (non-hydrogen) atoms. The quantitative estimate of drug-likeness (QED) is 0.842. The van der Waals surface area contributed by atoms with Gasteiger partial charge in [-0.2, -0.15) is 0 Å². The zero-order chi connectivity index (χ0) is 16.4. The molecule has 1 rings (SSSR count). The number of carbonyl (C=O) groups is 2. The van der Waals surface area contributed by atoms with Crippen molar-refractivity contribution in [2.75, 3.05) is 20.3 Å². The van der Waals surface area contributed by atoms with Crippen LogP contribution in [0.1, 0.15) is 48.0 Å². The van der Waals surface area contributed by atoms with Gasteiger partial charge in [0.25, 0.3) is 0 Å². The van der Waals surface area contributed by atoms with Gasteiger partial charge in [-0.3, -0.25) is 9.59 Å². The normalized spacial score (nSPS) is 24.2. The third-order valence-electron chi connectivity index (χ3n) is 4.11. The van der Waals surface area contributed by atoms with E-state index in [1.165, 1.54) is 0 Å². The Morgan fingerprint density at radius 3 is 2.24 bits per heavy atom. The SMILES string of the molecule is COCCC(C)(C)CN1C(=O)C(C(C)(C)C)NC(=O)C1C. The van der Waals surface area contributed by atoms with E-state index in [0.717, 1.165) is 6.42 Å². The van der Waals surface area contributed by atoms with Crippen LogP contribution < -0.4 is 5.32 Å². The Balaban J connectivity index is 2.92. The summed E-state index contributed by atoms with van der Waals surface area (Å²) in [5.41, 5.74) is -0.373. The van der Waals surface area contributed by atoms with Crippen LogP contribution in [0.4, 0.5) is 0 Å². The van der Waals surface area contributed by atoms with Crippen molar-refractivity contribution in [3.63, 3.8) is 0 Å². The summed E-state index contributed by atoms with van der Waals surface area (Å²) in [5, 5.41) is 2.86. The van der Waals surface area contributed by atoms with Gasteiger partial charge in [-0.25, -0.2) is 0 Å². The lowest BCUT2D eigenvalue weighted by molar-refractivity contribution is -0.153. The van der Waals surface area contributed by atoms with E-state index in [-0.39, 0.29) is 22.6 Å². The van der Waals surface area contributed by atoms with E-state index in [1.54, 1.807) is 18.9 Å². The smallest absolute Gasteiger partial charge is 0.246 e. The fourth-order valence-corrected chi connectivity index (χ4v) is 2.54. The molecule has 0 saturated carbocycles. The summed E-state index contributed by atoms with van der Waals surface area (Å²) >= 11 is 0. The molecule has 1 heterocycles. The van der Waals surface area contributed by atoms with Crippen LogP contribution in [0.5, 0.6) is 0 Å². The maximum Gasteiger partial charge on any atom is 0.246 e. The minimum atomic E-state index is -0.459. The number of nitrogens with zero attached hydrogens (tertiary/aromatic N) is 1. The van der Waals surface area contributed by atoms with Crippen LogP contribution >= 0.6 is 0 Å². The minimum absolute atomic E-state index is 0.0140. The number of piperazine rings is 1. The molecular formula is C16H30N2O3. The van der Waals surface area contributed by atoms with Crippen molar-refractivity contribution in [1.82, 2.24) is 10.2 Å². The first kappa shape index (κ1) is 18.0. The maximum absolute atomic E-state index is 12.8. The van der Waals surface area contributed by atoms with E-state index in [1.807, 2.05) is 20.8 Å². The number of carbonyl (C=O) groups excluding carboxylic acids is 2. The lowest BCUT2D eigenvalue weighted by atomic mass is 9.82. The van der Waals surface area contributed by atoms with Gasteiger partial charge in [-0.15, -0.1) is 0 Å². The topological polar surface area (TPSA) is 58.6 Å². The Labute approximate surface area is 128 Å². The predicted molar refractivity (Wildman–Crippen MR) is 82.8 cm³/mol. The molecule has 2 amide bonds. The summed E-state index contributed by atoms with van der Waals surface area (Å²) in [4.78, 5) is 26.7. The number of ether oxygens (including phenoxy) is 1. The molecule has 0 aromatic rings. The number of methoxy groups -OCH3 is 1. The second-order valence-corrected chi connectivity index (χ2v) is 7.86. The van der Waals surface area contributed by atoms with Gasteiger partial charge in [0.2, 0.25) is 11.8 Å². The molecule has 1 aliphatic heterocycles. The van der Waals surface area contributed by atoms with Crippen LogP contribution in [0.2, 0.25) is 0 Å². The number of rotatable bonds is 5. The van der Waals surface area contributed by atoms with Gasteiger partial charge in [0.15, 0.2) is 0 Å². The van der Waals surface area contributed by atoms with Gasteiger partial charge < -0.3 is 15.0 Å². The highest BCUT2D eigenvalue weighted by Crippen LogP contribution is 2.29. The fraction of sp³-hybridized carbons (Fsp3) is 0.875. The molecule has 1 saturated heterocycles. The summed E-state index contributed by atoms with van der Waals surface area (Å²) in [6.07, 6.45) is 0.849. The van der Waals surface area contributed by atoms with E-state index in [4.69, 9.17) is 4.74 Å². The second kappa shape index (κ2) is 6.34. The van der Waals surface area contributed by atoms with Crippen molar-refractivity contribution in [2.24, 2.45) is 10.8 Å². The maximum atomic E-state index is 12.8. The Kier molecular flexibility index (Phi) is 5.42. The fourth-order valence-electron chi connectivity index (χ4n) is 2.54. The molecule has 0 aromatic heterocycles. The highest BCUT2D eigenvalue weighted by Gasteiger charge is 2.44. The molecule has 5 heteroatoms. The average molecular weight is 298 g/mol. The first-order chi connectivity index (χ1) is 9.49. The molecule has 2 atom stereocenters. The minimum Gasteiger partial charge on any atom is -0.385 e. The van der Waals surface area contributed by atoms with Crippen LogP contribution in [0, 0.1) is 10.8 Å². The zero-order valence-corrected chi connectivity index (χ0v) is 14.4. The number of hydrogen-bond acceptors (Lipinski definition) is 3. The molecule has 0 radical (unpaired) electrons. The predicted octanol–water partition coefficient (Wildman–Crippen LogP) is 1.81. The van der Waals surface area contributed by atoms with E-state index in [0.29, 0.717) is 13.2 Å². The monoisotopic (exact) mass is 298 g/mol. The molecule has 0 spiro atoms. The highest BCUT2D eigenvalue weighted by atomic mass is 16.5. The van der Waals surface area contributed by atoms with E-state index < -0.39 is 12.1 Å². The summed E-state index contributed by atoms with van der Waals surface area (Å²) in [7, 11) is 1.67. The van der Waals surface area contributed by atoms with Crippen molar-refractivity contribution in [1.29, 1.82) is 0 Å². The second-order valence-electron chi connectivity index (χ2n) is 7.86. The van der Waals surface area contributed by atoms with E-state index in [9.17, 15) is 9.59 Å². The van der Waals surface area contributed by atoms with Crippen molar-refractivity contribution in [3.8, 4) is 0 Å². The lowest BCUT2D eigenvalue weighted by Crippen LogP contribution is -2.66. The van der Waals surface area contributed by atoms with Gasteiger partial charge in [-0.1, -0.05) is 34.6 Å². The summed E-state index contributed by atoms with van der Waals surface area (Å²) in [5.74, 6) is -0.0582. The summed E-state index contributed by atoms with van der Waals surface area (Å²) < 4.78 is 5.13. The van der Waals surface area contributed by atoms with Crippen molar-refractivity contribution in [2.45, 2.75) is 60.0 Å². The van der Waals surface area contributed by atoms with Gasteiger partial charge in [0.05, 0.1) is 0 Å². The largest absolute Gasteiger partial charge is 0.385 e. The molecule has 0 aliphatic carbocycles. The number of hydrogen-bond donors (Lipinski definition) is 1. The van der Waals surface area contributed by atoms with Crippen LogP contribution in [-0.4, -0.2) is 49.1 Å². The van der Waals surface area contributed by atoms with Gasteiger partial charge in [0.1, 0.15) is 12.1 Å². The molecule has 1 fully saturated rings. The Bertz CT molecular complexity index is 399. The summed E-state index contributed by atoms with van der Waals surface area (Å²) in [6.45, 7) is 13.1. The number of nitrogens with one attached hydrogen (secondary N) is 1. The molecule has 1 N–H and O–H groups in total. The Morgan fingerprint density at radius 2 is 1.76 bits per heavy atom. The van der Waals surface area contributed by atoms with Crippen molar-refractivity contribution < 1.29 is 14.3 Å². The van der Waals surface area contributed by atoms with E-state index >= 15 is 0 Å².